The van der Waals surface area contributed by atoms with Crippen LogP contribution in [0.4, 0.5) is 0 Å². The highest BCUT2D eigenvalue weighted by molar-refractivity contribution is 6.43. The molecule has 0 saturated carbocycles. The van der Waals surface area contributed by atoms with E-state index in [2.05, 4.69) is 27.7 Å². The lowest BCUT2D eigenvalue weighted by Gasteiger charge is -2.38. The summed E-state index contributed by atoms with van der Waals surface area (Å²) in [5, 5.41) is 0. The quantitative estimate of drug-likeness (QED) is 0.592. The largest absolute Gasteiger partial charge is 0.454 e. The van der Waals surface area contributed by atoms with Crippen molar-refractivity contribution in [3.8, 4) is 0 Å². The maximum absolute atomic E-state index is 5.78. The van der Waals surface area contributed by atoms with E-state index in [1.165, 1.54) is 0 Å². The Bertz CT molecular complexity index is 156. The van der Waals surface area contributed by atoms with Crippen LogP contribution >= 0.6 is 0 Å². The van der Waals surface area contributed by atoms with Crippen LogP contribution in [0.2, 0.25) is 6.82 Å². The second-order valence-corrected chi connectivity index (χ2v) is 3.97. The van der Waals surface area contributed by atoms with Gasteiger partial charge in [0.15, 0.2) is 0 Å². The fourth-order valence-corrected chi connectivity index (χ4v) is 1.92. The van der Waals surface area contributed by atoms with E-state index in [0.717, 1.165) is 12.8 Å². The van der Waals surface area contributed by atoms with Crippen molar-refractivity contribution < 1.29 is 9.31 Å². The Kier molecular flexibility index (Phi) is 2.55. The monoisotopic (exact) mass is 170 g/mol. The van der Waals surface area contributed by atoms with Gasteiger partial charge in [-0.1, -0.05) is 13.8 Å². The molecule has 70 valence electrons. The highest BCUT2D eigenvalue weighted by Crippen LogP contribution is 2.41. The summed E-state index contributed by atoms with van der Waals surface area (Å²) in [5.41, 5.74) is -0.220. The Balaban J connectivity index is 2.85. The minimum Gasteiger partial charge on any atom is -0.403 e. The van der Waals surface area contributed by atoms with Gasteiger partial charge in [-0.15, -0.1) is 0 Å². The summed E-state index contributed by atoms with van der Waals surface area (Å²) in [4.78, 5) is 0. The Labute approximate surface area is 75.8 Å². The predicted molar refractivity (Wildman–Crippen MR) is 51.2 cm³/mol. The third-order valence-electron chi connectivity index (χ3n) is 3.32. The second kappa shape index (κ2) is 3.04. The minimum absolute atomic E-state index is 0.0556. The van der Waals surface area contributed by atoms with Crippen molar-refractivity contribution in [1.82, 2.24) is 0 Å². The fourth-order valence-electron chi connectivity index (χ4n) is 1.92. The average molecular weight is 170 g/mol. The number of hydrogen-bond acceptors (Lipinski definition) is 2. The van der Waals surface area contributed by atoms with E-state index < -0.39 is 0 Å². The molecular weight excluding hydrogens is 151 g/mol. The third-order valence-corrected chi connectivity index (χ3v) is 3.32. The standard InChI is InChI=1S/C9H19BO2/c1-6-8(3)9(4,7-2)12-10(5)11-8/h6-7H2,1-5H3. The molecule has 0 N–H and O–H groups in total. The molecule has 1 fully saturated rings. The van der Waals surface area contributed by atoms with Crippen LogP contribution in [0.15, 0.2) is 0 Å². The van der Waals surface area contributed by atoms with Gasteiger partial charge >= 0.3 is 7.12 Å². The average Bonchev–Trinajstić information content (AvgIpc) is 2.25. The molecule has 2 atom stereocenters. The molecule has 0 aliphatic carbocycles. The zero-order valence-corrected chi connectivity index (χ0v) is 8.81. The van der Waals surface area contributed by atoms with E-state index in [0.29, 0.717) is 0 Å². The van der Waals surface area contributed by atoms with Gasteiger partial charge in [0.25, 0.3) is 0 Å². The van der Waals surface area contributed by atoms with Gasteiger partial charge in [0, 0.05) is 0 Å². The summed E-state index contributed by atoms with van der Waals surface area (Å²) in [5.74, 6) is 0. The Hall–Kier alpha value is -0.0151. The topological polar surface area (TPSA) is 18.5 Å². The van der Waals surface area contributed by atoms with Crippen molar-refractivity contribution in [3.63, 3.8) is 0 Å². The van der Waals surface area contributed by atoms with Crippen LogP contribution in [0.25, 0.3) is 0 Å². The molecule has 0 radical (unpaired) electrons. The molecule has 1 saturated heterocycles. The minimum atomic E-state index is -0.110. The van der Waals surface area contributed by atoms with Gasteiger partial charge in [-0.3, -0.25) is 0 Å². The van der Waals surface area contributed by atoms with Crippen molar-refractivity contribution in [2.75, 3.05) is 0 Å². The highest BCUT2D eigenvalue weighted by Gasteiger charge is 2.52. The maximum Gasteiger partial charge on any atom is 0.454 e. The van der Waals surface area contributed by atoms with Crippen molar-refractivity contribution in [1.29, 1.82) is 0 Å². The summed E-state index contributed by atoms with van der Waals surface area (Å²) in [6.07, 6.45) is 2.00. The van der Waals surface area contributed by atoms with E-state index in [9.17, 15) is 0 Å². The van der Waals surface area contributed by atoms with E-state index in [-0.39, 0.29) is 18.3 Å². The second-order valence-electron chi connectivity index (χ2n) is 3.97. The van der Waals surface area contributed by atoms with Crippen LogP contribution in [-0.2, 0) is 9.31 Å². The van der Waals surface area contributed by atoms with E-state index in [1.54, 1.807) is 0 Å². The van der Waals surface area contributed by atoms with E-state index in [4.69, 9.17) is 9.31 Å². The molecule has 3 heteroatoms. The van der Waals surface area contributed by atoms with Gasteiger partial charge in [0.05, 0.1) is 11.2 Å². The van der Waals surface area contributed by atoms with Crippen LogP contribution in [0, 0.1) is 0 Å². The molecule has 2 unspecified atom stereocenters. The predicted octanol–water partition coefficient (Wildman–Crippen LogP) is 2.49. The molecule has 1 aliphatic rings. The van der Waals surface area contributed by atoms with Crippen LogP contribution in [0.5, 0.6) is 0 Å². The SMILES string of the molecule is CCC1(C)OB(C)OC1(C)CC. The van der Waals surface area contributed by atoms with Gasteiger partial charge in [-0.25, -0.2) is 0 Å². The maximum atomic E-state index is 5.78. The van der Waals surface area contributed by atoms with Gasteiger partial charge in [0.2, 0.25) is 0 Å². The lowest BCUT2D eigenvalue weighted by Crippen LogP contribution is -2.46. The zero-order valence-electron chi connectivity index (χ0n) is 8.81. The number of hydrogen-bond donors (Lipinski definition) is 0. The fraction of sp³-hybridized carbons (Fsp3) is 1.00. The molecule has 0 bridgehead atoms. The molecule has 0 aromatic rings. The van der Waals surface area contributed by atoms with Crippen LogP contribution in [0.1, 0.15) is 40.5 Å². The first kappa shape index (κ1) is 10.1. The van der Waals surface area contributed by atoms with Gasteiger partial charge in [-0.05, 0) is 33.5 Å². The van der Waals surface area contributed by atoms with Gasteiger partial charge < -0.3 is 9.31 Å². The van der Waals surface area contributed by atoms with Crippen LogP contribution < -0.4 is 0 Å². The molecule has 2 nitrogen and oxygen atoms in total. The number of rotatable bonds is 2. The summed E-state index contributed by atoms with van der Waals surface area (Å²) in [7, 11) is -0.0556. The highest BCUT2D eigenvalue weighted by atomic mass is 16.7. The Morgan fingerprint density at radius 3 is 1.58 bits per heavy atom. The van der Waals surface area contributed by atoms with Gasteiger partial charge in [-0.2, -0.15) is 0 Å². The Morgan fingerprint density at radius 1 is 1.00 bits per heavy atom. The first-order valence-electron chi connectivity index (χ1n) is 4.83. The first-order valence-corrected chi connectivity index (χ1v) is 4.83. The van der Waals surface area contributed by atoms with Crippen LogP contribution in [-0.4, -0.2) is 18.3 Å². The Morgan fingerprint density at radius 2 is 1.33 bits per heavy atom. The molecule has 1 heterocycles. The third kappa shape index (κ3) is 1.29. The summed E-state index contributed by atoms with van der Waals surface area (Å²) < 4.78 is 11.6. The summed E-state index contributed by atoms with van der Waals surface area (Å²) >= 11 is 0. The van der Waals surface area contributed by atoms with Crippen molar-refractivity contribution in [2.45, 2.75) is 58.6 Å². The molecule has 12 heavy (non-hydrogen) atoms. The zero-order chi connectivity index (χ0) is 9.41. The van der Waals surface area contributed by atoms with E-state index in [1.807, 2.05) is 6.82 Å². The normalized spacial score (nSPS) is 42.2. The molecule has 0 amide bonds. The van der Waals surface area contributed by atoms with Crippen LogP contribution in [0.3, 0.4) is 0 Å². The summed E-state index contributed by atoms with van der Waals surface area (Å²) in [6.45, 7) is 10.5. The summed E-state index contributed by atoms with van der Waals surface area (Å²) in [6, 6.07) is 0. The van der Waals surface area contributed by atoms with E-state index >= 15 is 0 Å². The molecule has 0 spiro atoms. The van der Waals surface area contributed by atoms with Crippen molar-refractivity contribution in [2.24, 2.45) is 0 Å². The molecule has 0 aromatic heterocycles. The lowest BCUT2D eigenvalue weighted by atomic mass is 9.82. The molecule has 1 rings (SSSR count). The molecule has 1 aliphatic heterocycles. The van der Waals surface area contributed by atoms with Crippen molar-refractivity contribution in [3.05, 3.63) is 0 Å². The lowest BCUT2D eigenvalue weighted by molar-refractivity contribution is -0.0281. The smallest absolute Gasteiger partial charge is 0.403 e. The first-order chi connectivity index (χ1) is 5.47. The van der Waals surface area contributed by atoms with Gasteiger partial charge in [0.1, 0.15) is 0 Å². The molecule has 0 aromatic carbocycles. The molecular formula is C9H19BO2. The van der Waals surface area contributed by atoms with Crippen molar-refractivity contribution >= 4 is 7.12 Å².